The Hall–Kier alpha value is -3.57. The third kappa shape index (κ3) is 8.62. The van der Waals surface area contributed by atoms with Gasteiger partial charge in [-0.25, -0.2) is 18.4 Å². The first-order chi connectivity index (χ1) is 24.9. The van der Waals surface area contributed by atoms with Crippen molar-refractivity contribution in [1.29, 1.82) is 0 Å². The number of fused-ring (bicyclic) bond motifs is 2. The van der Waals surface area contributed by atoms with E-state index >= 15 is 0 Å². The molecule has 6 heterocycles. The van der Waals surface area contributed by atoms with Crippen molar-refractivity contribution in [2.75, 3.05) is 24.7 Å². The Bertz CT molecular complexity index is 2250. The predicted molar refractivity (Wildman–Crippen MR) is 158 cm³/mol. The fraction of sp³-hybridized carbons (Fsp3) is 0.545. The molecule has 6 rings (SSSR count). The van der Waals surface area contributed by atoms with Gasteiger partial charge in [-0.1, -0.05) is 9.97 Å². The Balaban J connectivity index is 0.000000228. The van der Waals surface area contributed by atoms with E-state index in [1.807, 2.05) is 0 Å². The monoisotopic (exact) mass is 831 g/mol. The van der Waals surface area contributed by atoms with Gasteiger partial charge in [0.25, 0.3) is 33.1 Å². The van der Waals surface area contributed by atoms with Crippen LogP contribution in [0.2, 0.25) is 0 Å². The number of nitrogens with one attached hydrogen (secondary N) is 1. The highest BCUT2D eigenvalue weighted by Gasteiger charge is 2.48. The van der Waals surface area contributed by atoms with E-state index in [2.05, 4.69) is 33.1 Å². The standard InChI is InChI=1S/C11H18N5O14P3.C11H15N5O5/c1-15-3-16(8-5(15)9(19)14-11(12)13-8)10-7(18)6(17)4(28-10)2-27-32(23,24)30-33(25,26)29-31(20,21)22;1-15-3-16(8-5(15)9(20)14-11(12)13-8)10-7(19)6(18)4(2-17)21-10/h3-4,6-7,10,17-18H,2H2,1H3,(H6-,12,13,14,19,20,21,22,23,24,25,26);3-4,6-7,10,17-19H,2H2,1H3,(H2-,12,13,14,20)/p-3/t2*4-,6+,7?,10-/m11/s1. The number of aliphatic hydroxyl groups excluding tert-OH is 5. The van der Waals surface area contributed by atoms with Crippen molar-refractivity contribution in [1.82, 2.24) is 29.1 Å². The quantitative estimate of drug-likeness (QED) is 0.0543. The number of nitrogen functional groups attached to an aromatic ring is 2. The third-order valence-corrected chi connectivity index (χ3v) is 11.4. The van der Waals surface area contributed by atoms with Gasteiger partial charge >= 0.3 is 11.3 Å². The Morgan fingerprint density at radius 3 is 1.89 bits per heavy atom. The molecule has 10 atom stereocenters. The molecule has 2 saturated heterocycles. The van der Waals surface area contributed by atoms with Crippen LogP contribution in [0, 0.1) is 0 Å². The highest BCUT2D eigenvalue weighted by molar-refractivity contribution is 7.64. The summed E-state index contributed by atoms with van der Waals surface area (Å²) in [5.41, 5.74) is 10.7. The molecule has 0 bridgehead atoms. The van der Waals surface area contributed by atoms with Crippen molar-refractivity contribution in [2.24, 2.45) is 14.1 Å². The zero-order chi connectivity index (χ0) is 40.2. The van der Waals surface area contributed by atoms with E-state index in [1.165, 1.54) is 33.4 Å². The number of aliphatic hydroxyl groups is 5. The summed E-state index contributed by atoms with van der Waals surface area (Å²) in [6.07, 6.45) is -8.21. The van der Waals surface area contributed by atoms with Gasteiger partial charge in [-0.2, -0.15) is 0 Å². The van der Waals surface area contributed by atoms with Crippen molar-refractivity contribution in [3.8, 4) is 5.88 Å². The van der Waals surface area contributed by atoms with E-state index in [0.29, 0.717) is 0 Å². The van der Waals surface area contributed by atoms with E-state index in [0.717, 1.165) is 4.57 Å². The minimum Gasteiger partial charge on any atom is -0.856 e. The summed E-state index contributed by atoms with van der Waals surface area (Å²) in [5, 5.41) is 61.3. The van der Waals surface area contributed by atoms with E-state index < -0.39 is 97.2 Å². The zero-order valence-corrected chi connectivity index (χ0v) is 29.9. The number of rotatable bonds is 10. The van der Waals surface area contributed by atoms with Gasteiger partial charge in [0.15, 0.2) is 18.2 Å². The Morgan fingerprint density at radius 2 is 1.35 bits per heavy atom. The Labute approximate surface area is 299 Å². The van der Waals surface area contributed by atoms with Gasteiger partial charge in [-0.3, -0.25) is 32.4 Å². The van der Waals surface area contributed by atoms with E-state index in [9.17, 15) is 63.6 Å². The minimum atomic E-state index is -6.17. The van der Waals surface area contributed by atoms with Gasteiger partial charge in [-0.05, 0) is 0 Å². The van der Waals surface area contributed by atoms with Crippen LogP contribution in [0.4, 0.5) is 11.9 Å². The first kappa shape index (κ1) is 41.6. The summed E-state index contributed by atoms with van der Waals surface area (Å²) in [6.45, 7) is -1.56. The molecule has 10 N–H and O–H groups in total. The summed E-state index contributed by atoms with van der Waals surface area (Å²) >= 11 is 0. The fourth-order valence-electron chi connectivity index (χ4n) is 5.52. The molecule has 0 amide bonds. The summed E-state index contributed by atoms with van der Waals surface area (Å²) in [5.74, 6) is -1.01. The predicted octanol–water partition coefficient (Wildman–Crippen LogP) is -8.91. The number of hydrogen-bond acceptors (Lipinski definition) is 24. The van der Waals surface area contributed by atoms with Crippen molar-refractivity contribution in [3.63, 3.8) is 0 Å². The second-order valence-electron chi connectivity index (χ2n) is 11.5. The van der Waals surface area contributed by atoms with Crippen molar-refractivity contribution < 1.29 is 95.7 Å². The Morgan fingerprint density at radius 1 is 0.833 bits per heavy atom. The Kier molecular flexibility index (Phi) is 11.7. The van der Waals surface area contributed by atoms with Crippen molar-refractivity contribution >= 4 is 57.7 Å². The first-order valence-electron chi connectivity index (χ1n) is 14.8. The number of H-pyrrole nitrogens is 1. The number of aromatic nitrogens is 8. The van der Waals surface area contributed by atoms with E-state index in [1.54, 1.807) is 7.05 Å². The molecule has 0 spiro atoms. The minimum absolute atomic E-state index is 0.0203. The number of imidazole rings is 2. The molecule has 0 radical (unpaired) electrons. The lowest BCUT2D eigenvalue weighted by Crippen LogP contribution is -2.46. The second kappa shape index (κ2) is 15.2. The molecule has 0 aliphatic carbocycles. The molecule has 0 saturated carbocycles. The number of phosphoric ester groups is 1. The van der Waals surface area contributed by atoms with Crippen LogP contribution in [0.25, 0.3) is 22.3 Å². The highest BCUT2D eigenvalue weighted by atomic mass is 31.3. The molecule has 4 unspecified atom stereocenters. The van der Waals surface area contributed by atoms with Crippen molar-refractivity contribution in [3.05, 3.63) is 23.0 Å². The molecule has 2 aliphatic heterocycles. The van der Waals surface area contributed by atoms with Crippen molar-refractivity contribution in [2.45, 2.75) is 49.1 Å². The number of nitrogens with two attached hydrogens (primary N) is 2. The van der Waals surface area contributed by atoms with Gasteiger partial charge in [0, 0.05) is 5.88 Å². The SMILES string of the molecule is Cn1c[n+]([C@@H]2O[C@H](CO)[C@H](O)C2O)c2nc(N)nc([O-])c21.Cn1c[n+]([C@@H]2O[C@H](COP(=O)([O-])OP(=O)([O-])OP(=O)([O-])[O-])[C@H](O)C2O)c2nc(N)[nH]c(=O)c21. The van der Waals surface area contributed by atoms with Crippen LogP contribution in [-0.2, 0) is 50.4 Å². The maximum Gasteiger partial charge on any atom is 0.313 e. The molecule has 29 nitrogen and oxygen atoms in total. The molecule has 2 aliphatic rings. The lowest BCUT2D eigenvalue weighted by molar-refractivity contribution is -0.746. The lowest BCUT2D eigenvalue weighted by Gasteiger charge is -2.37. The molecular formula is C22H30N10O19P3-3. The van der Waals surface area contributed by atoms with E-state index in [-0.39, 0.29) is 34.2 Å². The smallest absolute Gasteiger partial charge is 0.313 e. The van der Waals surface area contributed by atoms with E-state index in [4.69, 9.17) is 26.0 Å². The lowest BCUT2D eigenvalue weighted by atomic mass is 10.1. The number of anilines is 2. The normalized spacial score (nSPS) is 28.2. The summed E-state index contributed by atoms with van der Waals surface area (Å²) in [7, 11) is -15.1. The molecule has 54 heavy (non-hydrogen) atoms. The van der Waals surface area contributed by atoms with Gasteiger partial charge in [-0.15, -0.1) is 0 Å². The number of nitrogens with zero attached hydrogens (tertiary/aromatic N) is 7. The summed E-state index contributed by atoms with van der Waals surface area (Å²) in [6, 6.07) is 0. The number of ether oxygens (including phenoxy) is 2. The van der Waals surface area contributed by atoms with Gasteiger partial charge in [0.05, 0.1) is 35.1 Å². The maximum atomic E-state index is 12.1. The van der Waals surface area contributed by atoms with Crippen LogP contribution in [0.3, 0.4) is 0 Å². The average Bonchev–Trinajstić information content (AvgIpc) is 3.71. The highest BCUT2D eigenvalue weighted by Crippen LogP contribution is 2.60. The average molecular weight is 831 g/mol. The van der Waals surface area contributed by atoms with Gasteiger partial charge < -0.3 is 80.2 Å². The molecule has 2 fully saturated rings. The van der Waals surface area contributed by atoms with Crippen LogP contribution in [0.15, 0.2) is 17.4 Å². The summed E-state index contributed by atoms with van der Waals surface area (Å²) in [4.78, 5) is 69.3. The molecule has 4 aromatic heterocycles. The number of aryl methyl sites for hydroxylation is 2. The second-order valence-corrected chi connectivity index (χ2v) is 15.8. The maximum absolute atomic E-state index is 12.1. The topological polar surface area (TPSA) is 455 Å². The largest absolute Gasteiger partial charge is 0.856 e. The summed E-state index contributed by atoms with van der Waals surface area (Å²) < 4.78 is 59.9. The van der Waals surface area contributed by atoms with Crippen LogP contribution < -0.4 is 50.8 Å². The number of phosphoric acid groups is 3. The fourth-order valence-corrected chi connectivity index (χ4v) is 8.39. The van der Waals surface area contributed by atoms with Gasteiger partial charge in [0.1, 0.15) is 36.6 Å². The number of aromatic amines is 1. The van der Waals surface area contributed by atoms with Crippen LogP contribution in [0.5, 0.6) is 5.88 Å². The molecule has 300 valence electrons. The molecular weight excluding hydrogens is 801 g/mol. The first-order valence-corrected chi connectivity index (χ1v) is 19.1. The van der Waals surface area contributed by atoms with Crippen LogP contribution in [-0.4, -0.2) is 104 Å². The number of hydrogen-bond donors (Lipinski definition) is 8. The zero-order valence-electron chi connectivity index (χ0n) is 27.3. The van der Waals surface area contributed by atoms with Gasteiger partial charge in [0.2, 0.25) is 18.0 Å². The molecule has 0 aromatic carbocycles. The molecule has 32 heteroatoms. The van der Waals surface area contributed by atoms with Crippen LogP contribution in [0.1, 0.15) is 12.5 Å². The van der Waals surface area contributed by atoms with Crippen LogP contribution >= 0.6 is 23.5 Å². The third-order valence-electron chi connectivity index (χ3n) is 7.74. The molecule has 4 aromatic rings.